The van der Waals surface area contributed by atoms with Gasteiger partial charge in [-0.1, -0.05) is 17.4 Å². The van der Waals surface area contributed by atoms with Crippen molar-refractivity contribution in [2.24, 2.45) is 5.92 Å². The van der Waals surface area contributed by atoms with E-state index in [9.17, 15) is 22.0 Å². The van der Waals surface area contributed by atoms with Gasteiger partial charge < -0.3 is 0 Å². The molecular formula is C27H26F2N4O3S2. The fraction of sp³-hybridized carbons (Fsp3) is 0.296. The third-order valence-electron chi connectivity index (χ3n) is 6.85. The molecule has 2 aromatic carbocycles. The predicted octanol–water partition coefficient (Wildman–Crippen LogP) is 5.22. The second-order valence-corrected chi connectivity index (χ2v) is 12.3. The zero-order valence-electron chi connectivity index (χ0n) is 20.9. The molecule has 0 radical (unpaired) electrons. The molecule has 1 saturated heterocycles. The first-order valence-electron chi connectivity index (χ1n) is 12.2. The third-order valence-corrected chi connectivity index (χ3v) is 9.80. The molecule has 1 amide bonds. The molecule has 7 nitrogen and oxygen atoms in total. The number of fused-ring (bicyclic) bond motifs is 1. The van der Waals surface area contributed by atoms with Crippen LogP contribution in [0.15, 0.2) is 59.6 Å². The number of aryl methyl sites for hydroxylation is 2. The molecular weight excluding hydrogens is 530 g/mol. The van der Waals surface area contributed by atoms with Gasteiger partial charge in [-0.15, -0.1) is 0 Å². The zero-order valence-corrected chi connectivity index (χ0v) is 22.5. The zero-order chi connectivity index (χ0) is 27.0. The second kappa shape index (κ2) is 10.5. The van der Waals surface area contributed by atoms with E-state index in [1.54, 1.807) is 17.2 Å². The maximum Gasteiger partial charge on any atom is 0.246 e. The molecule has 2 aromatic heterocycles. The smallest absolute Gasteiger partial charge is 0.246 e. The molecule has 0 saturated carbocycles. The normalized spacial score (nSPS) is 15.2. The first-order valence-corrected chi connectivity index (χ1v) is 14.4. The molecule has 0 unspecified atom stereocenters. The highest BCUT2D eigenvalue weighted by Crippen LogP contribution is 2.34. The number of benzene rings is 2. The summed E-state index contributed by atoms with van der Waals surface area (Å²) in [7, 11) is -4.24. The van der Waals surface area contributed by atoms with E-state index in [4.69, 9.17) is 4.98 Å². The summed E-state index contributed by atoms with van der Waals surface area (Å²) in [5.74, 6) is -2.47. The molecule has 0 spiro atoms. The van der Waals surface area contributed by atoms with Gasteiger partial charge in [0.2, 0.25) is 15.9 Å². The second-order valence-electron chi connectivity index (χ2n) is 9.40. The summed E-state index contributed by atoms with van der Waals surface area (Å²) in [5.41, 5.74) is 3.76. The summed E-state index contributed by atoms with van der Waals surface area (Å²) in [5, 5.41) is 0.553. The van der Waals surface area contributed by atoms with E-state index in [2.05, 4.69) is 11.1 Å². The summed E-state index contributed by atoms with van der Waals surface area (Å²) in [6, 6.07) is 11.9. The van der Waals surface area contributed by atoms with Crippen molar-refractivity contribution in [1.29, 1.82) is 0 Å². The SMILES string of the molecule is Cc1cc2nc(N(Cc3ccccn3)C(=O)C3CCN(S(=O)(=O)c4cc(F)ccc4F)CC3)sc2cc1C. The van der Waals surface area contributed by atoms with Crippen LogP contribution in [0.5, 0.6) is 0 Å². The third kappa shape index (κ3) is 5.18. The van der Waals surface area contributed by atoms with Gasteiger partial charge in [-0.2, -0.15) is 4.31 Å². The monoisotopic (exact) mass is 556 g/mol. The molecule has 3 heterocycles. The lowest BCUT2D eigenvalue weighted by Gasteiger charge is -2.33. The lowest BCUT2D eigenvalue weighted by molar-refractivity contribution is -0.123. The van der Waals surface area contributed by atoms with E-state index >= 15 is 0 Å². The van der Waals surface area contributed by atoms with Gasteiger partial charge in [0.05, 0.1) is 22.5 Å². The van der Waals surface area contributed by atoms with Crippen LogP contribution in [0.4, 0.5) is 13.9 Å². The number of piperidine rings is 1. The van der Waals surface area contributed by atoms with Crippen LogP contribution in [0.3, 0.4) is 0 Å². The lowest BCUT2D eigenvalue weighted by atomic mass is 9.96. The highest BCUT2D eigenvalue weighted by Gasteiger charge is 2.36. The number of nitrogens with zero attached hydrogens (tertiary/aromatic N) is 4. The number of amides is 1. The Bertz CT molecular complexity index is 1560. The number of carbonyl (C=O) groups is 1. The van der Waals surface area contributed by atoms with Crippen LogP contribution in [-0.4, -0.2) is 41.7 Å². The van der Waals surface area contributed by atoms with E-state index in [0.717, 1.165) is 37.8 Å². The maximum atomic E-state index is 14.2. The number of rotatable bonds is 6. The topological polar surface area (TPSA) is 83.5 Å². The number of carbonyl (C=O) groups excluding carboxylic acids is 1. The Labute approximate surface area is 223 Å². The minimum absolute atomic E-state index is 0.0182. The fourth-order valence-electron chi connectivity index (χ4n) is 4.55. The summed E-state index contributed by atoms with van der Waals surface area (Å²) >= 11 is 1.43. The van der Waals surface area contributed by atoms with Gasteiger partial charge in [0.25, 0.3) is 0 Å². The molecule has 0 atom stereocenters. The van der Waals surface area contributed by atoms with Crippen molar-refractivity contribution >= 4 is 42.6 Å². The highest BCUT2D eigenvalue weighted by molar-refractivity contribution is 7.89. The Balaban J connectivity index is 1.39. The van der Waals surface area contributed by atoms with Gasteiger partial charge in [0, 0.05) is 25.2 Å². The van der Waals surface area contributed by atoms with E-state index in [1.165, 1.54) is 11.3 Å². The molecule has 0 bridgehead atoms. The Kier molecular flexibility index (Phi) is 7.26. The van der Waals surface area contributed by atoms with Gasteiger partial charge in [-0.25, -0.2) is 22.2 Å². The minimum atomic E-state index is -4.24. The largest absolute Gasteiger partial charge is 0.282 e. The molecule has 1 aliphatic rings. The van der Waals surface area contributed by atoms with Crippen LogP contribution in [0, 0.1) is 31.4 Å². The predicted molar refractivity (Wildman–Crippen MR) is 142 cm³/mol. The number of sulfonamides is 1. The summed E-state index contributed by atoms with van der Waals surface area (Å²) < 4.78 is 55.9. The first kappa shape index (κ1) is 26.3. The number of hydrogen-bond donors (Lipinski definition) is 0. The van der Waals surface area contributed by atoms with Gasteiger partial charge in [0.1, 0.15) is 16.5 Å². The van der Waals surface area contributed by atoms with Crippen molar-refractivity contribution < 1.29 is 22.0 Å². The van der Waals surface area contributed by atoms with Crippen LogP contribution >= 0.6 is 11.3 Å². The van der Waals surface area contributed by atoms with E-state index in [0.29, 0.717) is 16.9 Å². The van der Waals surface area contributed by atoms with Crippen LogP contribution in [0.1, 0.15) is 29.7 Å². The number of pyridine rings is 1. The van der Waals surface area contributed by atoms with Crippen molar-refractivity contribution in [3.63, 3.8) is 0 Å². The maximum absolute atomic E-state index is 14.2. The summed E-state index contributed by atoms with van der Waals surface area (Å²) in [4.78, 5) is 23.9. The molecule has 11 heteroatoms. The Morgan fingerprint density at radius 2 is 1.82 bits per heavy atom. The first-order chi connectivity index (χ1) is 18.1. The highest BCUT2D eigenvalue weighted by atomic mass is 32.2. The quantitative estimate of drug-likeness (QED) is 0.325. The van der Waals surface area contributed by atoms with Gasteiger partial charge in [-0.05, 0) is 80.3 Å². The molecule has 1 fully saturated rings. The van der Waals surface area contributed by atoms with Crippen molar-refractivity contribution in [2.45, 2.75) is 38.1 Å². The van der Waals surface area contributed by atoms with Gasteiger partial charge >= 0.3 is 0 Å². The summed E-state index contributed by atoms with van der Waals surface area (Å²) in [6.07, 6.45) is 2.16. The Morgan fingerprint density at radius 1 is 1.08 bits per heavy atom. The molecule has 0 aliphatic carbocycles. The van der Waals surface area contributed by atoms with Gasteiger partial charge in [-0.3, -0.25) is 14.7 Å². The Morgan fingerprint density at radius 3 is 2.53 bits per heavy atom. The number of anilines is 1. The van der Waals surface area contributed by atoms with Crippen LogP contribution in [0.2, 0.25) is 0 Å². The minimum Gasteiger partial charge on any atom is -0.282 e. The van der Waals surface area contributed by atoms with E-state index < -0.39 is 32.5 Å². The number of hydrogen-bond acceptors (Lipinski definition) is 6. The van der Waals surface area contributed by atoms with Crippen LogP contribution < -0.4 is 4.90 Å². The molecule has 38 heavy (non-hydrogen) atoms. The standard InChI is InChI=1S/C27H26F2N4O3S2/c1-17-13-23-24(14-18(17)2)37-27(31-23)33(16-21-5-3-4-10-30-21)26(34)19-8-11-32(12-9-19)38(35,36)25-15-20(28)6-7-22(25)29/h3-7,10,13-15,19H,8-9,11-12,16H2,1-2H3. The molecule has 4 aromatic rings. The van der Waals surface area contributed by atoms with Crippen LogP contribution in [0.25, 0.3) is 10.2 Å². The van der Waals surface area contributed by atoms with Gasteiger partial charge in [0.15, 0.2) is 5.13 Å². The average molecular weight is 557 g/mol. The van der Waals surface area contributed by atoms with E-state index in [-0.39, 0.29) is 38.4 Å². The van der Waals surface area contributed by atoms with Crippen molar-refractivity contribution in [2.75, 3.05) is 18.0 Å². The van der Waals surface area contributed by atoms with Crippen molar-refractivity contribution in [3.05, 3.63) is 83.2 Å². The number of thiazole rings is 1. The Hall–Kier alpha value is -3.28. The molecule has 0 N–H and O–H groups in total. The van der Waals surface area contributed by atoms with Crippen LogP contribution in [-0.2, 0) is 21.4 Å². The van der Waals surface area contributed by atoms with Crippen molar-refractivity contribution in [3.8, 4) is 0 Å². The average Bonchev–Trinajstić information content (AvgIpc) is 3.31. The van der Waals surface area contributed by atoms with Crippen molar-refractivity contribution in [1.82, 2.24) is 14.3 Å². The molecule has 1 aliphatic heterocycles. The molecule has 198 valence electrons. The van der Waals surface area contributed by atoms with E-state index in [1.807, 2.05) is 32.0 Å². The number of halogens is 2. The fourth-order valence-corrected chi connectivity index (χ4v) is 7.15. The lowest BCUT2D eigenvalue weighted by Crippen LogP contribution is -2.44. The molecule has 5 rings (SSSR count). The number of aromatic nitrogens is 2. The summed E-state index contributed by atoms with van der Waals surface area (Å²) in [6.45, 7) is 4.31.